The van der Waals surface area contributed by atoms with Gasteiger partial charge in [-0.05, 0) is 19.8 Å². The predicted octanol–water partition coefficient (Wildman–Crippen LogP) is 3.04. The Morgan fingerprint density at radius 2 is 1.62 bits per heavy atom. The van der Waals surface area contributed by atoms with Crippen LogP contribution in [0.15, 0.2) is 0 Å². The average Bonchev–Trinajstić information content (AvgIpc) is 1.81. The van der Waals surface area contributed by atoms with Gasteiger partial charge in [-0.3, -0.25) is 0 Å². The summed E-state index contributed by atoms with van der Waals surface area (Å²) in [5.74, 6) is 0. The van der Waals surface area contributed by atoms with Gasteiger partial charge < -0.3 is 0 Å². The maximum atomic E-state index is 5.30. The number of hydrogen-bond acceptors (Lipinski definition) is 0. The van der Waals surface area contributed by atoms with Gasteiger partial charge in [0, 0.05) is 5.33 Å². The second-order valence-electron chi connectivity index (χ2n) is 1.89. The lowest BCUT2D eigenvalue weighted by Crippen LogP contribution is -1.76. The predicted molar refractivity (Wildman–Crippen MR) is 41.2 cm³/mol. The Morgan fingerprint density at radius 1 is 1.00 bits per heavy atom. The molecule has 48 valence electrons. The van der Waals surface area contributed by atoms with Crippen molar-refractivity contribution in [3.8, 4) is 0 Å². The van der Waals surface area contributed by atoms with E-state index in [1.165, 1.54) is 25.7 Å². The van der Waals surface area contributed by atoms with Gasteiger partial charge in [0.1, 0.15) is 0 Å². The van der Waals surface area contributed by atoms with Gasteiger partial charge >= 0.3 is 0 Å². The van der Waals surface area contributed by atoms with E-state index in [2.05, 4.69) is 15.9 Å². The maximum Gasteiger partial charge on any atom is 0.00313 e. The summed E-state index contributed by atoms with van der Waals surface area (Å²) in [5.41, 5.74) is 0. The summed E-state index contributed by atoms with van der Waals surface area (Å²) in [6.45, 7) is 5.30. The number of halogens is 1. The molecule has 0 saturated heterocycles. The minimum atomic E-state index is 0.849. The molecule has 0 aromatic carbocycles. The molecule has 2 radical (unpaired) electrons. The molecule has 0 heterocycles. The van der Waals surface area contributed by atoms with E-state index >= 15 is 0 Å². The summed E-state index contributed by atoms with van der Waals surface area (Å²) >= 11 is 3.37. The van der Waals surface area contributed by atoms with Crippen molar-refractivity contribution in [2.75, 3.05) is 5.33 Å². The number of alkyl halides is 1. The van der Waals surface area contributed by atoms with E-state index in [-0.39, 0.29) is 0 Å². The van der Waals surface area contributed by atoms with Crippen LogP contribution < -0.4 is 0 Å². The summed E-state index contributed by atoms with van der Waals surface area (Å²) < 4.78 is 0. The van der Waals surface area contributed by atoms with Crippen LogP contribution in [0.2, 0.25) is 0 Å². The van der Waals surface area contributed by atoms with Gasteiger partial charge in [0.15, 0.2) is 0 Å². The van der Waals surface area contributed by atoms with Crippen LogP contribution in [0.1, 0.15) is 32.1 Å². The van der Waals surface area contributed by atoms with Gasteiger partial charge in [-0.2, -0.15) is 0 Å². The summed E-state index contributed by atoms with van der Waals surface area (Å²) in [6.07, 6.45) is 5.94. The molecule has 0 aromatic rings. The van der Waals surface area contributed by atoms with Crippen molar-refractivity contribution in [2.45, 2.75) is 32.1 Å². The summed E-state index contributed by atoms with van der Waals surface area (Å²) in [6, 6.07) is 0. The third kappa shape index (κ3) is 6.48. The fourth-order valence-electron chi connectivity index (χ4n) is 0.592. The van der Waals surface area contributed by atoms with Crippen LogP contribution in [0.25, 0.3) is 0 Å². The van der Waals surface area contributed by atoms with Crippen molar-refractivity contribution in [1.82, 2.24) is 0 Å². The van der Waals surface area contributed by atoms with E-state index < -0.39 is 0 Å². The van der Waals surface area contributed by atoms with Crippen molar-refractivity contribution in [1.29, 1.82) is 0 Å². The Morgan fingerprint density at radius 3 is 2.12 bits per heavy atom. The third-order valence-corrected chi connectivity index (χ3v) is 1.65. The second-order valence-corrected chi connectivity index (χ2v) is 2.68. The van der Waals surface area contributed by atoms with Crippen LogP contribution in [0, 0.1) is 6.92 Å². The molecule has 0 bridgehead atoms. The largest absolute Gasteiger partial charge is 0.0928 e. The zero-order chi connectivity index (χ0) is 6.24. The zero-order valence-electron chi connectivity index (χ0n) is 5.20. The van der Waals surface area contributed by atoms with Gasteiger partial charge in [0.05, 0.1) is 0 Å². The van der Waals surface area contributed by atoms with E-state index in [9.17, 15) is 0 Å². The summed E-state index contributed by atoms with van der Waals surface area (Å²) in [5, 5.41) is 1.14. The molecule has 0 N–H and O–H groups in total. The highest BCUT2D eigenvalue weighted by Crippen LogP contribution is 2.02. The van der Waals surface area contributed by atoms with Gasteiger partial charge in [-0.15, -0.1) is 0 Å². The maximum absolute atomic E-state index is 5.30. The van der Waals surface area contributed by atoms with E-state index in [0.717, 1.165) is 11.8 Å². The fourth-order valence-corrected chi connectivity index (χ4v) is 0.989. The summed E-state index contributed by atoms with van der Waals surface area (Å²) in [7, 11) is 0. The molecule has 0 aliphatic rings. The lowest BCUT2D eigenvalue weighted by atomic mass is 10.2. The molecule has 0 aromatic heterocycles. The quantitative estimate of drug-likeness (QED) is 0.447. The third-order valence-electron chi connectivity index (χ3n) is 1.09. The van der Waals surface area contributed by atoms with Crippen molar-refractivity contribution in [3.63, 3.8) is 0 Å². The van der Waals surface area contributed by atoms with Gasteiger partial charge in [-0.1, -0.05) is 35.2 Å². The Hall–Kier alpha value is 0.480. The van der Waals surface area contributed by atoms with Crippen molar-refractivity contribution in [2.24, 2.45) is 0 Å². The SMILES string of the molecule is [CH]CCCCCCBr. The first-order valence-corrected chi connectivity index (χ1v) is 4.30. The second kappa shape index (κ2) is 7.48. The normalized spacial score (nSPS) is 9.75. The standard InChI is InChI=1S/C7H13Br/c1-2-3-4-5-6-7-8/h1H,2-7H2. The van der Waals surface area contributed by atoms with E-state index in [4.69, 9.17) is 6.92 Å². The lowest BCUT2D eigenvalue weighted by Gasteiger charge is -1.93. The number of rotatable bonds is 5. The van der Waals surface area contributed by atoms with Crippen LogP contribution in [0.5, 0.6) is 0 Å². The van der Waals surface area contributed by atoms with E-state index in [0.29, 0.717) is 0 Å². The van der Waals surface area contributed by atoms with E-state index in [1.807, 2.05) is 0 Å². The molecule has 0 saturated carbocycles. The highest BCUT2D eigenvalue weighted by molar-refractivity contribution is 9.09. The molecule has 0 nitrogen and oxygen atoms in total. The first-order chi connectivity index (χ1) is 3.91. The molecule has 0 spiro atoms. The van der Waals surface area contributed by atoms with Gasteiger partial charge in [-0.25, -0.2) is 0 Å². The Bertz CT molecular complexity index is 29.4. The molecular formula is C7H13Br. The molecule has 0 fully saturated rings. The van der Waals surface area contributed by atoms with Gasteiger partial charge in [0.25, 0.3) is 0 Å². The average molecular weight is 177 g/mol. The highest BCUT2D eigenvalue weighted by atomic mass is 79.9. The monoisotopic (exact) mass is 176 g/mol. The Kier molecular flexibility index (Phi) is 7.93. The molecule has 0 atom stereocenters. The van der Waals surface area contributed by atoms with Crippen LogP contribution in [-0.4, -0.2) is 5.33 Å². The molecule has 0 rings (SSSR count). The van der Waals surface area contributed by atoms with Crippen LogP contribution in [0.3, 0.4) is 0 Å². The molecule has 0 aliphatic carbocycles. The Balaban J connectivity index is 2.53. The molecule has 0 amide bonds. The molecule has 0 aliphatic heterocycles. The van der Waals surface area contributed by atoms with E-state index in [1.54, 1.807) is 0 Å². The van der Waals surface area contributed by atoms with Crippen molar-refractivity contribution < 1.29 is 0 Å². The minimum absolute atomic E-state index is 0.849. The summed E-state index contributed by atoms with van der Waals surface area (Å²) in [4.78, 5) is 0. The topological polar surface area (TPSA) is 0 Å². The molecule has 0 unspecified atom stereocenters. The highest BCUT2D eigenvalue weighted by Gasteiger charge is 1.84. The van der Waals surface area contributed by atoms with Gasteiger partial charge in [0.2, 0.25) is 0 Å². The minimum Gasteiger partial charge on any atom is -0.0928 e. The first kappa shape index (κ1) is 8.48. The molecule has 1 heteroatoms. The zero-order valence-corrected chi connectivity index (χ0v) is 6.78. The van der Waals surface area contributed by atoms with Crippen LogP contribution in [-0.2, 0) is 0 Å². The van der Waals surface area contributed by atoms with Crippen LogP contribution >= 0.6 is 15.9 Å². The number of hydrogen-bond donors (Lipinski definition) is 0. The molecular weight excluding hydrogens is 164 g/mol. The fraction of sp³-hybridized carbons (Fsp3) is 0.857. The Labute approximate surface area is 60.8 Å². The van der Waals surface area contributed by atoms with Crippen molar-refractivity contribution in [3.05, 3.63) is 6.92 Å². The lowest BCUT2D eigenvalue weighted by molar-refractivity contribution is 0.678. The van der Waals surface area contributed by atoms with Crippen LogP contribution in [0.4, 0.5) is 0 Å². The van der Waals surface area contributed by atoms with Crippen molar-refractivity contribution >= 4 is 15.9 Å². The smallest absolute Gasteiger partial charge is 0.00313 e. The molecule has 8 heavy (non-hydrogen) atoms. The number of unbranched alkanes of at least 4 members (excludes halogenated alkanes) is 4. The first-order valence-electron chi connectivity index (χ1n) is 3.18.